The summed E-state index contributed by atoms with van der Waals surface area (Å²) in [6, 6.07) is 16.7. The van der Waals surface area contributed by atoms with Crippen LogP contribution in [0.1, 0.15) is 56.7 Å². The van der Waals surface area contributed by atoms with Gasteiger partial charge in [-0.25, -0.2) is 0 Å². The third-order valence-corrected chi connectivity index (χ3v) is 4.93. The van der Waals surface area contributed by atoms with E-state index in [9.17, 15) is 4.79 Å². The SMILES string of the molecule is CC(C)(C)OC(=O)CCC1CCc2cc(OCc3ccccc3)ccc2C1. The molecule has 0 radical (unpaired) electrons. The van der Waals surface area contributed by atoms with Crippen molar-refractivity contribution in [3.8, 4) is 5.75 Å². The van der Waals surface area contributed by atoms with Crippen LogP contribution >= 0.6 is 0 Å². The molecule has 0 fully saturated rings. The van der Waals surface area contributed by atoms with Crippen LogP contribution < -0.4 is 4.74 Å². The average Bonchev–Trinajstić information content (AvgIpc) is 2.64. The zero-order valence-corrected chi connectivity index (χ0v) is 16.7. The van der Waals surface area contributed by atoms with Gasteiger partial charge in [-0.2, -0.15) is 0 Å². The van der Waals surface area contributed by atoms with Crippen LogP contribution in [0.2, 0.25) is 0 Å². The molecular weight excluding hydrogens is 336 g/mol. The fourth-order valence-corrected chi connectivity index (χ4v) is 3.60. The molecule has 1 unspecified atom stereocenters. The minimum absolute atomic E-state index is 0.0852. The predicted molar refractivity (Wildman–Crippen MR) is 108 cm³/mol. The lowest BCUT2D eigenvalue weighted by molar-refractivity contribution is -0.155. The Labute approximate surface area is 162 Å². The summed E-state index contributed by atoms with van der Waals surface area (Å²) in [5.41, 5.74) is 3.56. The van der Waals surface area contributed by atoms with E-state index in [1.165, 1.54) is 16.7 Å². The second-order valence-electron chi connectivity index (χ2n) is 8.44. The van der Waals surface area contributed by atoms with Gasteiger partial charge in [0.2, 0.25) is 0 Å². The van der Waals surface area contributed by atoms with Gasteiger partial charge in [-0.05, 0) is 81.2 Å². The van der Waals surface area contributed by atoms with Crippen LogP contribution in [-0.4, -0.2) is 11.6 Å². The summed E-state index contributed by atoms with van der Waals surface area (Å²) >= 11 is 0. The molecule has 0 spiro atoms. The zero-order chi connectivity index (χ0) is 19.3. The number of aryl methyl sites for hydroxylation is 1. The Morgan fingerprint density at radius 1 is 1.07 bits per heavy atom. The lowest BCUT2D eigenvalue weighted by Crippen LogP contribution is -2.24. The number of hydrogen-bond donors (Lipinski definition) is 0. The molecule has 1 aliphatic carbocycles. The number of esters is 1. The smallest absolute Gasteiger partial charge is 0.306 e. The van der Waals surface area contributed by atoms with E-state index in [0.717, 1.165) is 31.4 Å². The third kappa shape index (κ3) is 6.13. The first-order chi connectivity index (χ1) is 12.9. The fourth-order valence-electron chi connectivity index (χ4n) is 3.60. The number of carbonyl (C=O) groups excluding carboxylic acids is 1. The summed E-state index contributed by atoms with van der Waals surface area (Å²) in [7, 11) is 0. The molecule has 1 aliphatic rings. The normalized spacial score (nSPS) is 16.5. The molecule has 0 saturated heterocycles. The summed E-state index contributed by atoms with van der Waals surface area (Å²) in [6.45, 7) is 6.34. The topological polar surface area (TPSA) is 35.5 Å². The molecule has 0 N–H and O–H groups in total. The molecule has 2 aromatic rings. The van der Waals surface area contributed by atoms with Crippen molar-refractivity contribution in [1.82, 2.24) is 0 Å². The van der Waals surface area contributed by atoms with Gasteiger partial charge in [0, 0.05) is 6.42 Å². The van der Waals surface area contributed by atoms with Crippen LogP contribution in [0.4, 0.5) is 0 Å². The van der Waals surface area contributed by atoms with E-state index in [1.807, 2.05) is 39.0 Å². The van der Waals surface area contributed by atoms with Gasteiger partial charge < -0.3 is 9.47 Å². The molecule has 0 amide bonds. The van der Waals surface area contributed by atoms with Crippen LogP contribution in [0.3, 0.4) is 0 Å². The average molecular weight is 367 g/mol. The molecule has 1 atom stereocenters. The van der Waals surface area contributed by atoms with E-state index < -0.39 is 5.60 Å². The predicted octanol–water partition coefficient (Wildman–Crippen LogP) is 5.49. The quantitative estimate of drug-likeness (QED) is 0.634. The highest BCUT2D eigenvalue weighted by atomic mass is 16.6. The van der Waals surface area contributed by atoms with Gasteiger partial charge >= 0.3 is 5.97 Å². The Bertz CT molecular complexity index is 759. The number of benzene rings is 2. The number of fused-ring (bicyclic) bond motifs is 1. The molecule has 0 bridgehead atoms. The minimum atomic E-state index is -0.396. The van der Waals surface area contributed by atoms with Crippen molar-refractivity contribution in [3.05, 3.63) is 65.2 Å². The van der Waals surface area contributed by atoms with Crippen LogP contribution in [0.5, 0.6) is 5.75 Å². The summed E-state index contributed by atoms with van der Waals surface area (Å²) < 4.78 is 11.4. The molecule has 0 aromatic heterocycles. The second kappa shape index (κ2) is 8.60. The number of carbonyl (C=O) groups is 1. The minimum Gasteiger partial charge on any atom is -0.489 e. The lowest BCUT2D eigenvalue weighted by atomic mass is 9.81. The molecule has 3 rings (SSSR count). The number of ether oxygens (including phenoxy) is 2. The number of hydrogen-bond acceptors (Lipinski definition) is 3. The van der Waals surface area contributed by atoms with Gasteiger partial charge in [0.05, 0.1) is 0 Å². The Kier molecular flexibility index (Phi) is 6.20. The van der Waals surface area contributed by atoms with E-state index in [4.69, 9.17) is 9.47 Å². The van der Waals surface area contributed by atoms with Crippen LogP contribution in [0, 0.1) is 5.92 Å². The third-order valence-electron chi connectivity index (χ3n) is 4.93. The Morgan fingerprint density at radius 3 is 2.59 bits per heavy atom. The highest BCUT2D eigenvalue weighted by Crippen LogP contribution is 2.31. The molecule has 0 heterocycles. The Balaban J connectivity index is 1.51. The second-order valence-corrected chi connectivity index (χ2v) is 8.44. The molecule has 3 heteroatoms. The van der Waals surface area contributed by atoms with Crippen molar-refractivity contribution in [2.75, 3.05) is 0 Å². The van der Waals surface area contributed by atoms with Gasteiger partial charge in [0.15, 0.2) is 0 Å². The first-order valence-electron chi connectivity index (χ1n) is 9.89. The molecule has 0 saturated carbocycles. The van der Waals surface area contributed by atoms with E-state index in [1.54, 1.807) is 0 Å². The van der Waals surface area contributed by atoms with Gasteiger partial charge in [0.1, 0.15) is 18.0 Å². The fraction of sp³-hybridized carbons (Fsp3) is 0.458. The van der Waals surface area contributed by atoms with Crippen molar-refractivity contribution >= 4 is 5.97 Å². The molecule has 3 nitrogen and oxygen atoms in total. The first-order valence-corrected chi connectivity index (χ1v) is 9.89. The maximum Gasteiger partial charge on any atom is 0.306 e. The summed E-state index contributed by atoms with van der Waals surface area (Å²) in [5.74, 6) is 1.41. The lowest BCUT2D eigenvalue weighted by Gasteiger charge is -2.25. The molecule has 27 heavy (non-hydrogen) atoms. The highest BCUT2D eigenvalue weighted by molar-refractivity contribution is 5.69. The van der Waals surface area contributed by atoms with Crippen LogP contribution in [0.25, 0.3) is 0 Å². The maximum atomic E-state index is 11.9. The summed E-state index contributed by atoms with van der Waals surface area (Å²) in [5, 5.41) is 0. The highest BCUT2D eigenvalue weighted by Gasteiger charge is 2.22. The van der Waals surface area contributed by atoms with Gasteiger partial charge in [-0.15, -0.1) is 0 Å². The molecule has 144 valence electrons. The zero-order valence-electron chi connectivity index (χ0n) is 16.7. The van der Waals surface area contributed by atoms with E-state index in [0.29, 0.717) is 18.9 Å². The van der Waals surface area contributed by atoms with Crippen molar-refractivity contribution in [2.24, 2.45) is 5.92 Å². The van der Waals surface area contributed by atoms with Gasteiger partial charge in [-0.1, -0.05) is 36.4 Å². The number of rotatable bonds is 6. The van der Waals surface area contributed by atoms with Crippen molar-refractivity contribution in [1.29, 1.82) is 0 Å². The van der Waals surface area contributed by atoms with E-state index in [-0.39, 0.29) is 5.97 Å². The van der Waals surface area contributed by atoms with E-state index >= 15 is 0 Å². The van der Waals surface area contributed by atoms with Gasteiger partial charge in [-0.3, -0.25) is 4.79 Å². The Hall–Kier alpha value is -2.29. The van der Waals surface area contributed by atoms with Crippen molar-refractivity contribution in [3.63, 3.8) is 0 Å². The van der Waals surface area contributed by atoms with E-state index in [2.05, 4.69) is 30.3 Å². The first kappa shape index (κ1) is 19.5. The Morgan fingerprint density at radius 2 is 1.85 bits per heavy atom. The van der Waals surface area contributed by atoms with Crippen LogP contribution in [0.15, 0.2) is 48.5 Å². The molecule has 0 aliphatic heterocycles. The van der Waals surface area contributed by atoms with Gasteiger partial charge in [0.25, 0.3) is 0 Å². The molecular formula is C24H30O3. The molecule has 2 aromatic carbocycles. The maximum absolute atomic E-state index is 11.9. The largest absolute Gasteiger partial charge is 0.489 e. The monoisotopic (exact) mass is 366 g/mol. The van der Waals surface area contributed by atoms with Crippen LogP contribution in [-0.2, 0) is 29.0 Å². The van der Waals surface area contributed by atoms with Crippen molar-refractivity contribution in [2.45, 2.75) is 65.1 Å². The van der Waals surface area contributed by atoms with Crippen molar-refractivity contribution < 1.29 is 14.3 Å². The summed E-state index contributed by atoms with van der Waals surface area (Å²) in [6.07, 6.45) is 4.63. The standard InChI is InChI=1S/C24H30O3/c1-24(2,3)27-23(25)14-10-18-9-11-21-16-22(13-12-20(21)15-18)26-17-19-7-5-4-6-8-19/h4-8,12-13,16,18H,9-11,14-15,17H2,1-3H3. The summed E-state index contributed by atoms with van der Waals surface area (Å²) in [4.78, 5) is 11.9.